The number of rotatable bonds is 6. The second-order valence-electron chi connectivity index (χ2n) is 4.20. The van der Waals surface area contributed by atoms with E-state index in [-0.39, 0.29) is 0 Å². The maximum absolute atomic E-state index is 5.57. The van der Waals surface area contributed by atoms with Crippen LogP contribution < -0.4 is 0 Å². The van der Waals surface area contributed by atoms with Crippen LogP contribution in [-0.2, 0) is 17.9 Å². The number of hydrogen-bond donors (Lipinski definition) is 0. The highest BCUT2D eigenvalue weighted by Gasteiger charge is 2.03. The summed E-state index contributed by atoms with van der Waals surface area (Å²) < 4.78 is 1.65. The maximum Gasteiger partial charge on any atom is 0.196 e. The Morgan fingerprint density at radius 3 is 2.00 bits per heavy atom. The molecule has 2 rings (SSSR count). The largest absolute Gasteiger partial charge is 0.273 e. The summed E-state index contributed by atoms with van der Waals surface area (Å²) in [5.41, 5.74) is 2.46. The Kier molecular flexibility index (Phi) is 4.53. The molecule has 0 atom stereocenters. The van der Waals surface area contributed by atoms with Crippen molar-refractivity contribution in [3.63, 3.8) is 0 Å². The monoisotopic (exact) mass is 240 g/mol. The normalized spacial score (nSPS) is 10.0. The third kappa shape index (κ3) is 4.06. The average Bonchev–Trinajstić information content (AvgIpc) is 2.45. The first-order valence-electron chi connectivity index (χ1n) is 6.13. The summed E-state index contributed by atoms with van der Waals surface area (Å²) in [5, 5.41) is 0. The Morgan fingerprint density at radius 2 is 1.39 bits per heavy atom. The van der Waals surface area contributed by atoms with Gasteiger partial charge in [0.2, 0.25) is 0 Å². The lowest BCUT2D eigenvalue weighted by Gasteiger charge is -2.02. The van der Waals surface area contributed by atoms with Gasteiger partial charge in [0.15, 0.2) is 19.9 Å². The smallest absolute Gasteiger partial charge is 0.196 e. The van der Waals surface area contributed by atoms with Gasteiger partial charge in [-0.15, -0.1) is 0 Å². The summed E-state index contributed by atoms with van der Waals surface area (Å²) in [5.74, 6) is 0. The molecule has 2 heteroatoms. The van der Waals surface area contributed by atoms with Gasteiger partial charge in [0, 0.05) is 6.42 Å². The highest BCUT2D eigenvalue weighted by molar-refractivity contribution is 5.16. The van der Waals surface area contributed by atoms with Crippen LogP contribution in [0.5, 0.6) is 0 Å². The lowest BCUT2D eigenvalue weighted by atomic mass is 10.2. The highest BCUT2D eigenvalue weighted by atomic mass is 16.7. The van der Waals surface area contributed by atoms with Crippen LogP contribution in [0.25, 0.3) is 0 Å². The van der Waals surface area contributed by atoms with Crippen molar-refractivity contribution in [2.24, 2.45) is 0 Å². The van der Waals surface area contributed by atoms with Crippen LogP contribution >= 0.6 is 0 Å². The Balaban J connectivity index is 1.73. The van der Waals surface area contributed by atoms with Crippen molar-refractivity contribution in [2.75, 3.05) is 6.54 Å². The van der Waals surface area contributed by atoms with Crippen LogP contribution in [0.4, 0.5) is 0 Å². The van der Waals surface area contributed by atoms with E-state index in [2.05, 4.69) is 18.9 Å². The van der Waals surface area contributed by atoms with Crippen LogP contribution in [0.3, 0.4) is 0 Å². The number of hydrogen-bond acceptors (Lipinski definition) is 1. The fourth-order valence-electron chi connectivity index (χ4n) is 1.70. The minimum absolute atomic E-state index is 0.569. The molecular formula is C16H18NO+. The molecule has 0 aliphatic rings. The summed E-state index contributed by atoms with van der Waals surface area (Å²) in [6.07, 6.45) is 0.944. The van der Waals surface area contributed by atoms with Gasteiger partial charge in [-0.1, -0.05) is 60.7 Å². The third-order valence-corrected chi connectivity index (χ3v) is 2.75. The molecule has 0 unspecified atom stereocenters. The SMILES string of the molecule is C=[N+](CCc1ccccc1)OCc1ccccc1. The molecule has 2 nitrogen and oxygen atoms in total. The molecule has 0 bridgehead atoms. The molecule has 0 N–H and O–H groups in total. The fraction of sp³-hybridized carbons (Fsp3) is 0.188. The summed E-state index contributed by atoms with van der Waals surface area (Å²) in [4.78, 5) is 5.57. The first-order chi connectivity index (χ1) is 8.84. The molecule has 0 aliphatic heterocycles. The van der Waals surface area contributed by atoms with E-state index in [4.69, 9.17) is 4.84 Å². The lowest BCUT2D eigenvalue weighted by Crippen LogP contribution is -2.14. The molecule has 0 amide bonds. The highest BCUT2D eigenvalue weighted by Crippen LogP contribution is 2.02. The molecule has 0 saturated carbocycles. The van der Waals surface area contributed by atoms with Crippen molar-refractivity contribution in [1.29, 1.82) is 0 Å². The predicted octanol–water partition coefficient (Wildman–Crippen LogP) is 3.07. The minimum Gasteiger partial charge on any atom is -0.273 e. The van der Waals surface area contributed by atoms with Gasteiger partial charge in [0.25, 0.3) is 0 Å². The van der Waals surface area contributed by atoms with Crippen molar-refractivity contribution in [3.05, 3.63) is 71.8 Å². The first kappa shape index (κ1) is 12.4. The van der Waals surface area contributed by atoms with E-state index in [0.717, 1.165) is 18.5 Å². The van der Waals surface area contributed by atoms with Gasteiger partial charge in [-0.05, 0) is 15.9 Å². The van der Waals surface area contributed by atoms with Crippen LogP contribution in [0.15, 0.2) is 60.7 Å². The van der Waals surface area contributed by atoms with Gasteiger partial charge in [-0.2, -0.15) is 0 Å². The van der Waals surface area contributed by atoms with Crippen molar-refractivity contribution >= 4 is 6.72 Å². The standard InChI is InChI=1S/C16H18NO/c1-17(13-12-15-8-4-2-5-9-15)18-14-16-10-6-3-7-11-16/h2-11H,1,12-14H2/q+1. The van der Waals surface area contributed by atoms with E-state index in [1.165, 1.54) is 5.56 Å². The molecule has 0 spiro atoms. The summed E-state index contributed by atoms with van der Waals surface area (Å²) in [6.45, 7) is 5.24. The van der Waals surface area contributed by atoms with E-state index in [1.807, 2.05) is 48.5 Å². The molecule has 0 aromatic heterocycles. The van der Waals surface area contributed by atoms with E-state index < -0.39 is 0 Å². The average molecular weight is 240 g/mol. The zero-order chi connectivity index (χ0) is 12.6. The maximum atomic E-state index is 5.57. The van der Waals surface area contributed by atoms with Gasteiger partial charge in [0.05, 0.1) is 0 Å². The molecule has 92 valence electrons. The van der Waals surface area contributed by atoms with Gasteiger partial charge in [-0.3, -0.25) is 4.84 Å². The fourth-order valence-corrected chi connectivity index (χ4v) is 1.70. The van der Waals surface area contributed by atoms with Crippen LogP contribution in [-0.4, -0.2) is 18.0 Å². The van der Waals surface area contributed by atoms with E-state index in [9.17, 15) is 0 Å². The molecule has 2 aromatic carbocycles. The van der Waals surface area contributed by atoms with Crippen molar-refractivity contribution < 1.29 is 9.58 Å². The molecule has 2 aromatic rings. The lowest BCUT2D eigenvalue weighted by molar-refractivity contribution is -0.786. The Morgan fingerprint density at radius 1 is 0.833 bits per heavy atom. The topological polar surface area (TPSA) is 12.2 Å². The van der Waals surface area contributed by atoms with Crippen LogP contribution in [0, 0.1) is 0 Å². The van der Waals surface area contributed by atoms with Crippen LogP contribution in [0.2, 0.25) is 0 Å². The minimum atomic E-state index is 0.569. The Labute approximate surface area is 108 Å². The number of hydroxylamine groups is 1. The first-order valence-corrected chi connectivity index (χ1v) is 6.13. The second kappa shape index (κ2) is 6.60. The molecule has 18 heavy (non-hydrogen) atoms. The van der Waals surface area contributed by atoms with Crippen molar-refractivity contribution in [2.45, 2.75) is 13.0 Å². The zero-order valence-corrected chi connectivity index (χ0v) is 10.5. The van der Waals surface area contributed by atoms with Gasteiger partial charge in [0.1, 0.15) is 0 Å². The van der Waals surface area contributed by atoms with Gasteiger partial charge < -0.3 is 0 Å². The molecule has 0 radical (unpaired) electrons. The van der Waals surface area contributed by atoms with Crippen LogP contribution in [0.1, 0.15) is 11.1 Å². The summed E-state index contributed by atoms with van der Waals surface area (Å²) in [7, 11) is 0. The summed E-state index contributed by atoms with van der Waals surface area (Å²) >= 11 is 0. The molecule has 0 fully saturated rings. The second-order valence-corrected chi connectivity index (χ2v) is 4.20. The van der Waals surface area contributed by atoms with Gasteiger partial charge >= 0.3 is 0 Å². The number of benzene rings is 2. The van der Waals surface area contributed by atoms with Crippen molar-refractivity contribution in [3.8, 4) is 0 Å². The van der Waals surface area contributed by atoms with E-state index in [0.29, 0.717) is 6.61 Å². The molecule has 0 aliphatic carbocycles. The van der Waals surface area contributed by atoms with Crippen molar-refractivity contribution in [1.82, 2.24) is 0 Å². The Hall–Kier alpha value is -2.09. The van der Waals surface area contributed by atoms with Gasteiger partial charge in [-0.25, -0.2) is 0 Å². The number of nitrogens with zero attached hydrogens (tertiary/aromatic N) is 1. The Bertz CT molecular complexity index is 433. The molecule has 0 heterocycles. The predicted molar refractivity (Wildman–Crippen MR) is 73.6 cm³/mol. The molecular weight excluding hydrogens is 222 g/mol. The third-order valence-electron chi connectivity index (χ3n) is 2.75. The molecule has 0 saturated heterocycles. The summed E-state index contributed by atoms with van der Waals surface area (Å²) in [6, 6.07) is 20.5. The van der Waals surface area contributed by atoms with E-state index >= 15 is 0 Å². The quantitative estimate of drug-likeness (QED) is 0.429. The zero-order valence-electron chi connectivity index (χ0n) is 10.5. The van der Waals surface area contributed by atoms with E-state index in [1.54, 1.807) is 4.74 Å².